The van der Waals surface area contributed by atoms with E-state index < -0.39 is 11.9 Å². The highest BCUT2D eigenvalue weighted by Gasteiger charge is 2.15. The smallest absolute Gasteiger partial charge is 0.246 e. The second kappa shape index (κ2) is 6.49. The molecule has 0 fully saturated rings. The Labute approximate surface area is 142 Å². The lowest BCUT2D eigenvalue weighted by atomic mass is 10.2. The highest BCUT2D eigenvalue weighted by Crippen LogP contribution is 2.21. The molecule has 2 N–H and O–H groups in total. The molecule has 0 aliphatic rings. The molecular formula is C17H15ClFN3O2. The highest BCUT2D eigenvalue weighted by atomic mass is 35.5. The molecule has 0 aliphatic heterocycles. The summed E-state index contributed by atoms with van der Waals surface area (Å²) in [5.41, 5.74) is 2.18. The van der Waals surface area contributed by atoms with Gasteiger partial charge in [0.25, 0.3) is 0 Å². The summed E-state index contributed by atoms with van der Waals surface area (Å²) in [4.78, 5) is 16.5. The number of nitrogens with zero attached hydrogens (tertiary/aromatic N) is 1. The van der Waals surface area contributed by atoms with Gasteiger partial charge in [0.15, 0.2) is 11.5 Å². The Bertz CT molecular complexity index is 910. The summed E-state index contributed by atoms with van der Waals surface area (Å²) >= 11 is 5.69. The van der Waals surface area contributed by atoms with Crippen LogP contribution in [0.4, 0.5) is 15.8 Å². The van der Waals surface area contributed by atoms with Gasteiger partial charge in [-0.15, -0.1) is 0 Å². The molecule has 24 heavy (non-hydrogen) atoms. The maximum Gasteiger partial charge on any atom is 0.246 e. The van der Waals surface area contributed by atoms with Crippen molar-refractivity contribution in [3.05, 3.63) is 53.1 Å². The first-order valence-corrected chi connectivity index (χ1v) is 7.70. The summed E-state index contributed by atoms with van der Waals surface area (Å²) in [6, 6.07) is 8.87. The summed E-state index contributed by atoms with van der Waals surface area (Å²) in [6.07, 6.45) is 0. The normalized spacial score (nSPS) is 12.2. The Morgan fingerprint density at radius 1 is 1.29 bits per heavy atom. The quantitative estimate of drug-likeness (QED) is 0.735. The number of carbonyl (C=O) groups excluding carboxylic acids is 1. The van der Waals surface area contributed by atoms with Crippen LogP contribution in [0.3, 0.4) is 0 Å². The Balaban J connectivity index is 1.70. The molecule has 0 saturated carbocycles. The van der Waals surface area contributed by atoms with E-state index in [1.54, 1.807) is 32.0 Å². The number of oxazole rings is 1. The monoisotopic (exact) mass is 347 g/mol. The average molecular weight is 348 g/mol. The zero-order valence-electron chi connectivity index (χ0n) is 13.1. The topological polar surface area (TPSA) is 67.2 Å². The zero-order valence-corrected chi connectivity index (χ0v) is 13.8. The molecule has 124 valence electrons. The third-order valence-electron chi connectivity index (χ3n) is 3.46. The van der Waals surface area contributed by atoms with Crippen LogP contribution in [0, 0.1) is 12.7 Å². The number of fused-ring (bicyclic) bond motifs is 1. The van der Waals surface area contributed by atoms with Crippen LogP contribution in [0.25, 0.3) is 11.1 Å². The van der Waals surface area contributed by atoms with Crippen LogP contribution >= 0.6 is 11.6 Å². The Hall–Kier alpha value is -2.60. The van der Waals surface area contributed by atoms with Crippen molar-refractivity contribution in [2.75, 3.05) is 10.6 Å². The van der Waals surface area contributed by atoms with Gasteiger partial charge >= 0.3 is 0 Å². The summed E-state index contributed by atoms with van der Waals surface area (Å²) in [6.45, 7) is 3.45. The van der Waals surface area contributed by atoms with E-state index in [1.807, 2.05) is 0 Å². The average Bonchev–Trinajstić information content (AvgIpc) is 2.89. The molecule has 3 aromatic rings. The molecule has 1 amide bonds. The number of rotatable bonds is 4. The summed E-state index contributed by atoms with van der Waals surface area (Å²) in [5.74, 6) is -0.374. The lowest BCUT2D eigenvalue weighted by molar-refractivity contribution is -0.116. The van der Waals surface area contributed by atoms with E-state index >= 15 is 0 Å². The van der Waals surface area contributed by atoms with Crippen LogP contribution in [0.15, 0.2) is 40.8 Å². The van der Waals surface area contributed by atoms with Crippen molar-refractivity contribution in [3.8, 4) is 0 Å². The summed E-state index contributed by atoms with van der Waals surface area (Å²) < 4.78 is 19.1. The first-order valence-electron chi connectivity index (χ1n) is 7.32. The predicted molar refractivity (Wildman–Crippen MR) is 91.9 cm³/mol. The molecule has 5 nitrogen and oxygen atoms in total. The van der Waals surface area contributed by atoms with E-state index in [9.17, 15) is 9.18 Å². The van der Waals surface area contributed by atoms with E-state index in [2.05, 4.69) is 15.6 Å². The van der Waals surface area contributed by atoms with Crippen molar-refractivity contribution >= 4 is 40.0 Å². The maximum atomic E-state index is 13.7. The number of carbonyl (C=O) groups is 1. The van der Waals surface area contributed by atoms with Gasteiger partial charge in [-0.25, -0.2) is 9.37 Å². The largest absolute Gasteiger partial charge is 0.441 e. The number of anilines is 2. The number of halogens is 2. The first-order chi connectivity index (χ1) is 11.4. The molecule has 3 rings (SSSR count). The molecule has 0 radical (unpaired) electrons. The van der Waals surface area contributed by atoms with Gasteiger partial charge in [0.2, 0.25) is 5.91 Å². The van der Waals surface area contributed by atoms with Crippen LogP contribution in [-0.4, -0.2) is 16.9 Å². The molecule has 1 heterocycles. The van der Waals surface area contributed by atoms with Crippen LogP contribution in [0.5, 0.6) is 0 Å². The molecule has 0 unspecified atom stereocenters. The maximum absolute atomic E-state index is 13.7. The van der Waals surface area contributed by atoms with E-state index in [1.165, 1.54) is 12.1 Å². The number of nitrogens with one attached hydrogen (secondary N) is 2. The SMILES string of the molecule is Cc1nc2cc(N[C@H](C)C(=O)Nc3ccc(Cl)cc3F)ccc2o1. The van der Waals surface area contributed by atoms with Gasteiger partial charge in [0, 0.05) is 17.6 Å². The number of amides is 1. The first kappa shape index (κ1) is 16.3. The molecular weight excluding hydrogens is 333 g/mol. The molecule has 0 bridgehead atoms. The zero-order chi connectivity index (χ0) is 17.3. The number of aromatic nitrogens is 1. The van der Waals surface area contributed by atoms with Crippen molar-refractivity contribution in [2.45, 2.75) is 19.9 Å². The van der Waals surface area contributed by atoms with Crippen molar-refractivity contribution < 1.29 is 13.6 Å². The standard InChI is InChI=1S/C17H15ClFN3O2/c1-9(17(23)22-14-5-3-11(18)7-13(14)19)20-12-4-6-16-15(8-12)21-10(2)24-16/h3-9,20H,1-2H3,(H,22,23)/t9-/m1/s1. The van der Waals surface area contributed by atoms with E-state index in [0.717, 1.165) is 11.8 Å². The molecule has 0 aliphatic carbocycles. The fourth-order valence-corrected chi connectivity index (χ4v) is 2.44. The molecule has 0 saturated heterocycles. The third kappa shape index (κ3) is 3.49. The minimum absolute atomic E-state index is 0.0839. The van der Waals surface area contributed by atoms with Crippen molar-refractivity contribution in [3.63, 3.8) is 0 Å². The molecule has 1 atom stereocenters. The molecule has 2 aromatic carbocycles. The van der Waals surface area contributed by atoms with Crippen LogP contribution in [-0.2, 0) is 4.79 Å². The number of hydrogen-bond acceptors (Lipinski definition) is 4. The van der Waals surface area contributed by atoms with Gasteiger partial charge in [-0.2, -0.15) is 0 Å². The van der Waals surface area contributed by atoms with Crippen molar-refractivity contribution in [2.24, 2.45) is 0 Å². The second-order valence-electron chi connectivity index (χ2n) is 5.39. The Kier molecular flexibility index (Phi) is 4.40. The molecule has 7 heteroatoms. The van der Waals surface area contributed by atoms with Gasteiger partial charge in [0.1, 0.15) is 17.4 Å². The third-order valence-corrected chi connectivity index (χ3v) is 3.70. The van der Waals surface area contributed by atoms with E-state index in [0.29, 0.717) is 17.0 Å². The van der Waals surface area contributed by atoms with Crippen LogP contribution < -0.4 is 10.6 Å². The Morgan fingerprint density at radius 2 is 2.08 bits per heavy atom. The van der Waals surface area contributed by atoms with Crippen molar-refractivity contribution in [1.29, 1.82) is 0 Å². The van der Waals surface area contributed by atoms with Gasteiger partial charge in [0.05, 0.1) is 5.69 Å². The lowest BCUT2D eigenvalue weighted by Crippen LogP contribution is -2.32. The number of benzene rings is 2. The Morgan fingerprint density at radius 3 is 2.83 bits per heavy atom. The summed E-state index contributed by atoms with van der Waals surface area (Å²) in [7, 11) is 0. The van der Waals surface area contributed by atoms with Gasteiger partial charge in [-0.1, -0.05) is 11.6 Å². The van der Waals surface area contributed by atoms with E-state index in [-0.39, 0.29) is 16.6 Å². The van der Waals surface area contributed by atoms with Crippen LogP contribution in [0.2, 0.25) is 5.02 Å². The molecule has 1 aromatic heterocycles. The van der Waals surface area contributed by atoms with Crippen LogP contribution in [0.1, 0.15) is 12.8 Å². The van der Waals surface area contributed by atoms with Crippen molar-refractivity contribution in [1.82, 2.24) is 4.98 Å². The van der Waals surface area contributed by atoms with Gasteiger partial charge in [-0.05, 0) is 43.3 Å². The fraction of sp³-hybridized carbons (Fsp3) is 0.176. The lowest BCUT2D eigenvalue weighted by Gasteiger charge is -2.15. The second-order valence-corrected chi connectivity index (χ2v) is 5.83. The fourth-order valence-electron chi connectivity index (χ4n) is 2.28. The highest BCUT2D eigenvalue weighted by molar-refractivity contribution is 6.30. The van der Waals surface area contributed by atoms with Gasteiger partial charge in [-0.3, -0.25) is 4.79 Å². The predicted octanol–water partition coefficient (Wildman–Crippen LogP) is 4.37. The van der Waals surface area contributed by atoms with E-state index in [4.69, 9.17) is 16.0 Å². The summed E-state index contributed by atoms with van der Waals surface area (Å²) in [5, 5.41) is 5.85. The molecule has 0 spiro atoms. The minimum Gasteiger partial charge on any atom is -0.441 e. The number of hydrogen-bond donors (Lipinski definition) is 2. The van der Waals surface area contributed by atoms with Gasteiger partial charge < -0.3 is 15.1 Å². The minimum atomic E-state index is -0.581. The number of aryl methyl sites for hydroxylation is 1.